The van der Waals surface area contributed by atoms with Crippen LogP contribution in [-0.4, -0.2) is 18.4 Å². The Bertz CT molecular complexity index is 385. The van der Waals surface area contributed by atoms with Crippen molar-refractivity contribution in [3.63, 3.8) is 0 Å². The third-order valence-electron chi connectivity index (χ3n) is 2.45. The fourth-order valence-electron chi connectivity index (χ4n) is 1.41. The zero-order valence-corrected chi connectivity index (χ0v) is 11.5. The maximum atomic E-state index is 5.80. The van der Waals surface area contributed by atoms with Crippen LogP contribution in [0.4, 0.5) is 5.69 Å². The molecule has 0 fully saturated rings. The Balaban J connectivity index is 2.56. The highest BCUT2D eigenvalue weighted by Crippen LogP contribution is 2.15. The highest BCUT2D eigenvalue weighted by Gasteiger charge is 2.17. The number of methoxy groups -OCH3 is 1. The van der Waals surface area contributed by atoms with Crippen LogP contribution in [0.15, 0.2) is 29.4 Å². The van der Waals surface area contributed by atoms with E-state index in [4.69, 9.17) is 16.3 Å². The van der Waals surface area contributed by atoms with E-state index in [1.807, 2.05) is 45.0 Å². The summed E-state index contributed by atoms with van der Waals surface area (Å²) in [5.74, 6) is 0. The summed E-state index contributed by atoms with van der Waals surface area (Å²) in [7, 11) is 1.71. The van der Waals surface area contributed by atoms with Crippen LogP contribution in [0.2, 0.25) is 5.02 Å². The predicted molar refractivity (Wildman–Crippen MR) is 73.9 cm³/mol. The molecule has 1 aromatic carbocycles. The fourth-order valence-corrected chi connectivity index (χ4v) is 1.54. The van der Waals surface area contributed by atoms with E-state index >= 15 is 0 Å². The second-order valence-electron chi connectivity index (χ2n) is 4.61. The summed E-state index contributed by atoms with van der Waals surface area (Å²) in [6.45, 7) is 6.05. The molecule has 0 saturated carbocycles. The van der Waals surface area contributed by atoms with Gasteiger partial charge in [-0.15, -0.1) is 0 Å². The monoisotopic (exact) mass is 254 g/mol. The molecular weight excluding hydrogens is 236 g/mol. The molecule has 4 heteroatoms. The van der Waals surface area contributed by atoms with Gasteiger partial charge in [0, 0.05) is 24.3 Å². The second-order valence-corrected chi connectivity index (χ2v) is 5.04. The number of halogens is 1. The lowest BCUT2D eigenvalue weighted by molar-refractivity contribution is 0.0291. The fraction of sp³-hybridized carbons (Fsp3) is 0.462. The van der Waals surface area contributed by atoms with Crippen LogP contribution < -0.4 is 5.43 Å². The van der Waals surface area contributed by atoms with Gasteiger partial charge in [-0.3, -0.25) is 5.43 Å². The van der Waals surface area contributed by atoms with Gasteiger partial charge in [0.05, 0.1) is 11.3 Å². The molecule has 17 heavy (non-hydrogen) atoms. The van der Waals surface area contributed by atoms with Crippen molar-refractivity contribution in [3.8, 4) is 0 Å². The lowest BCUT2D eigenvalue weighted by atomic mass is 10.0. The van der Waals surface area contributed by atoms with Crippen molar-refractivity contribution in [2.45, 2.75) is 32.8 Å². The molecule has 1 aromatic rings. The summed E-state index contributed by atoms with van der Waals surface area (Å²) < 4.78 is 5.35. The summed E-state index contributed by atoms with van der Waals surface area (Å²) in [5, 5.41) is 5.02. The molecule has 0 aliphatic heterocycles. The minimum atomic E-state index is -0.185. The number of benzene rings is 1. The molecule has 3 nitrogen and oxygen atoms in total. The highest BCUT2D eigenvalue weighted by atomic mass is 35.5. The van der Waals surface area contributed by atoms with E-state index < -0.39 is 0 Å². The van der Waals surface area contributed by atoms with Gasteiger partial charge in [0.25, 0.3) is 0 Å². The summed E-state index contributed by atoms with van der Waals surface area (Å²) in [5.41, 5.74) is 4.72. The molecule has 0 radical (unpaired) electrons. The quantitative estimate of drug-likeness (QED) is 0.638. The zero-order valence-electron chi connectivity index (χ0n) is 10.7. The first-order chi connectivity index (χ1) is 7.93. The van der Waals surface area contributed by atoms with E-state index in [0.29, 0.717) is 0 Å². The summed E-state index contributed by atoms with van der Waals surface area (Å²) in [6.07, 6.45) is 0.782. The first-order valence-corrected chi connectivity index (χ1v) is 5.91. The first-order valence-electron chi connectivity index (χ1n) is 5.53. The lowest BCUT2D eigenvalue weighted by Gasteiger charge is -2.22. The third-order valence-corrected chi connectivity index (χ3v) is 2.71. The molecular formula is C13H19ClN2O. The van der Waals surface area contributed by atoms with Crippen molar-refractivity contribution in [1.82, 2.24) is 0 Å². The van der Waals surface area contributed by atoms with Crippen molar-refractivity contribution >= 4 is 23.0 Å². The minimum Gasteiger partial charge on any atom is -0.378 e. The molecule has 0 atom stereocenters. The second kappa shape index (κ2) is 6.03. The summed E-state index contributed by atoms with van der Waals surface area (Å²) >= 11 is 5.80. The zero-order chi connectivity index (χ0) is 12.9. The molecule has 0 heterocycles. The maximum absolute atomic E-state index is 5.80. The molecule has 0 aromatic heterocycles. The normalized spacial score (nSPS) is 12.6. The van der Waals surface area contributed by atoms with E-state index in [9.17, 15) is 0 Å². The number of ether oxygens (including phenoxy) is 1. The van der Waals surface area contributed by atoms with Gasteiger partial charge in [0.15, 0.2) is 0 Å². The lowest BCUT2D eigenvalue weighted by Crippen LogP contribution is -2.25. The minimum absolute atomic E-state index is 0.185. The topological polar surface area (TPSA) is 33.6 Å². The number of hydrazone groups is 1. The smallest absolute Gasteiger partial charge is 0.0675 e. The van der Waals surface area contributed by atoms with Crippen LogP contribution in [0, 0.1) is 0 Å². The van der Waals surface area contributed by atoms with Crippen LogP contribution in [-0.2, 0) is 4.74 Å². The highest BCUT2D eigenvalue weighted by molar-refractivity contribution is 6.30. The maximum Gasteiger partial charge on any atom is 0.0675 e. The Hall–Kier alpha value is -1.06. The molecule has 0 unspecified atom stereocenters. The van der Waals surface area contributed by atoms with Crippen LogP contribution in [0.3, 0.4) is 0 Å². The predicted octanol–water partition coefficient (Wildman–Crippen LogP) is 3.94. The van der Waals surface area contributed by atoms with Crippen molar-refractivity contribution in [2.75, 3.05) is 12.5 Å². The van der Waals surface area contributed by atoms with Gasteiger partial charge in [0.1, 0.15) is 0 Å². The average molecular weight is 255 g/mol. The van der Waals surface area contributed by atoms with E-state index in [1.54, 1.807) is 7.11 Å². The molecule has 94 valence electrons. The van der Waals surface area contributed by atoms with E-state index in [1.165, 1.54) is 0 Å². The molecule has 0 spiro atoms. The SMILES string of the molecule is COC(C)(C)C/C(C)=N/Nc1ccc(Cl)cc1. The first kappa shape index (κ1) is 14.0. The van der Waals surface area contributed by atoms with E-state index in [2.05, 4.69) is 10.5 Å². The Labute approximate surface area is 108 Å². The number of hydrogen-bond acceptors (Lipinski definition) is 3. The van der Waals surface area contributed by atoms with Crippen molar-refractivity contribution in [2.24, 2.45) is 5.10 Å². The van der Waals surface area contributed by atoms with Crippen molar-refractivity contribution in [1.29, 1.82) is 0 Å². The molecule has 0 aliphatic rings. The van der Waals surface area contributed by atoms with Gasteiger partial charge in [-0.1, -0.05) is 11.6 Å². The van der Waals surface area contributed by atoms with E-state index in [-0.39, 0.29) is 5.60 Å². The van der Waals surface area contributed by atoms with Gasteiger partial charge < -0.3 is 4.74 Å². The van der Waals surface area contributed by atoms with Gasteiger partial charge in [0.2, 0.25) is 0 Å². The Morgan fingerprint density at radius 2 is 1.94 bits per heavy atom. The number of rotatable bonds is 5. The largest absolute Gasteiger partial charge is 0.378 e. The average Bonchev–Trinajstić information content (AvgIpc) is 2.28. The summed E-state index contributed by atoms with van der Waals surface area (Å²) in [6, 6.07) is 7.43. The van der Waals surface area contributed by atoms with Gasteiger partial charge in [-0.25, -0.2) is 0 Å². The van der Waals surface area contributed by atoms with Crippen LogP contribution in [0.25, 0.3) is 0 Å². The molecule has 0 aliphatic carbocycles. The summed E-state index contributed by atoms with van der Waals surface area (Å²) in [4.78, 5) is 0. The Morgan fingerprint density at radius 1 is 1.35 bits per heavy atom. The van der Waals surface area contributed by atoms with Crippen molar-refractivity contribution < 1.29 is 4.74 Å². The Morgan fingerprint density at radius 3 is 2.47 bits per heavy atom. The molecule has 0 amide bonds. The molecule has 1 N–H and O–H groups in total. The Kier molecular flexibility index (Phi) is 4.97. The number of hydrogen-bond donors (Lipinski definition) is 1. The molecule has 0 bridgehead atoms. The third kappa shape index (κ3) is 5.20. The van der Waals surface area contributed by atoms with E-state index in [0.717, 1.165) is 22.8 Å². The standard InChI is InChI=1S/C13H19ClN2O/c1-10(9-13(2,3)17-4)15-16-12-7-5-11(14)6-8-12/h5-8,16H,9H2,1-4H3/b15-10+. The van der Waals surface area contributed by atoms with Crippen LogP contribution in [0.5, 0.6) is 0 Å². The number of nitrogens with zero attached hydrogens (tertiary/aromatic N) is 1. The van der Waals surface area contributed by atoms with Crippen LogP contribution >= 0.6 is 11.6 Å². The number of anilines is 1. The van der Waals surface area contributed by atoms with Gasteiger partial charge >= 0.3 is 0 Å². The van der Waals surface area contributed by atoms with Gasteiger partial charge in [-0.05, 0) is 45.0 Å². The van der Waals surface area contributed by atoms with Gasteiger partial charge in [-0.2, -0.15) is 5.10 Å². The van der Waals surface area contributed by atoms with Crippen molar-refractivity contribution in [3.05, 3.63) is 29.3 Å². The number of nitrogens with one attached hydrogen (secondary N) is 1. The van der Waals surface area contributed by atoms with Crippen LogP contribution in [0.1, 0.15) is 27.2 Å². The molecule has 0 saturated heterocycles. The molecule has 1 rings (SSSR count).